The van der Waals surface area contributed by atoms with Gasteiger partial charge in [-0.25, -0.2) is 4.98 Å². The number of carbonyl (C=O) groups excluding carboxylic acids is 1. The molecule has 3 aromatic rings. The van der Waals surface area contributed by atoms with Gasteiger partial charge in [-0.3, -0.25) is 4.79 Å². The van der Waals surface area contributed by atoms with Crippen LogP contribution in [0.4, 0.5) is 0 Å². The lowest BCUT2D eigenvalue weighted by molar-refractivity contribution is 0.0967. The molecule has 0 aliphatic rings. The van der Waals surface area contributed by atoms with Crippen LogP contribution in [0.25, 0.3) is 10.9 Å². The van der Waals surface area contributed by atoms with E-state index in [4.69, 9.17) is 0 Å². The summed E-state index contributed by atoms with van der Waals surface area (Å²) in [5.41, 5.74) is 1.65. The van der Waals surface area contributed by atoms with Gasteiger partial charge in [-0.2, -0.15) is 0 Å². The molecule has 2 aromatic heterocycles. The Bertz CT molecular complexity index is 706. The Morgan fingerprint density at radius 3 is 3.00 bits per heavy atom. The summed E-state index contributed by atoms with van der Waals surface area (Å²) in [5.74, 6) is 1.05. The Morgan fingerprint density at radius 2 is 2.20 bits per heavy atom. The molecule has 1 N–H and O–H groups in total. The molecule has 0 aliphatic heterocycles. The highest BCUT2D eigenvalue weighted by Crippen LogP contribution is 2.15. The number of ketones is 1. The quantitative estimate of drug-likeness (QED) is 0.722. The van der Waals surface area contributed by atoms with Gasteiger partial charge in [-0.1, -0.05) is 25.1 Å². The van der Waals surface area contributed by atoms with Gasteiger partial charge in [-0.05, 0) is 18.6 Å². The molecule has 20 heavy (non-hydrogen) atoms. The summed E-state index contributed by atoms with van der Waals surface area (Å²) in [4.78, 5) is 19.8. The number of benzene rings is 1. The summed E-state index contributed by atoms with van der Waals surface area (Å²) in [6.45, 7) is 2.45. The Labute approximate surface area is 117 Å². The first-order chi connectivity index (χ1) is 9.78. The molecule has 2 heterocycles. The minimum atomic E-state index is 0.0801. The van der Waals surface area contributed by atoms with Gasteiger partial charge in [0.2, 0.25) is 0 Å². The number of aromatic amines is 1. The summed E-state index contributed by atoms with van der Waals surface area (Å²) in [5, 5.41) is 1.07. The molecule has 0 bridgehead atoms. The number of rotatable bonds is 5. The number of para-hydroxylation sites is 1. The van der Waals surface area contributed by atoms with Crippen LogP contribution in [-0.4, -0.2) is 20.3 Å². The highest BCUT2D eigenvalue weighted by Gasteiger charge is 2.12. The Hall–Kier alpha value is -2.36. The third kappa shape index (κ3) is 2.37. The van der Waals surface area contributed by atoms with Crippen molar-refractivity contribution in [3.63, 3.8) is 0 Å². The molecule has 0 aliphatic carbocycles. The molecule has 3 rings (SSSR count). The molecule has 0 saturated carbocycles. The lowest BCUT2D eigenvalue weighted by Gasteiger charge is -2.05. The highest BCUT2D eigenvalue weighted by atomic mass is 16.1. The number of H-pyrrole nitrogens is 1. The zero-order valence-corrected chi connectivity index (χ0v) is 11.5. The Balaban J connectivity index is 1.83. The van der Waals surface area contributed by atoms with Crippen LogP contribution in [0.1, 0.15) is 29.7 Å². The number of aryl methyl sites for hydroxylation is 1. The van der Waals surface area contributed by atoms with E-state index in [0.29, 0.717) is 12.2 Å². The average Bonchev–Trinajstić information content (AvgIpc) is 3.06. The van der Waals surface area contributed by atoms with Crippen LogP contribution in [0.15, 0.2) is 42.7 Å². The number of nitrogens with zero attached hydrogens (tertiary/aromatic N) is 2. The predicted molar refractivity (Wildman–Crippen MR) is 78.9 cm³/mol. The molecule has 0 atom stereocenters. The van der Waals surface area contributed by atoms with Crippen molar-refractivity contribution in [1.29, 1.82) is 0 Å². The van der Waals surface area contributed by atoms with E-state index >= 15 is 0 Å². The predicted octanol–water partition coefficient (Wildman–Crippen LogP) is 3.20. The van der Waals surface area contributed by atoms with Crippen LogP contribution >= 0.6 is 0 Å². The van der Waals surface area contributed by atoms with E-state index in [1.807, 2.05) is 41.1 Å². The maximum Gasteiger partial charge on any atom is 0.198 e. The number of hydrogen-bond acceptors (Lipinski definition) is 2. The van der Waals surface area contributed by atoms with Crippen LogP contribution < -0.4 is 0 Å². The van der Waals surface area contributed by atoms with Gasteiger partial charge in [0.25, 0.3) is 0 Å². The smallest absolute Gasteiger partial charge is 0.198 e. The largest absolute Gasteiger partial charge is 0.352 e. The standard InChI is InChI=1S/C16H17N3O/c1-2-5-16-17-8-9-19(16)11-15(20)14-10-12-6-3-4-7-13(12)18-14/h3-4,6-10,18H,2,5,11H2,1H3. The Morgan fingerprint density at radius 1 is 1.35 bits per heavy atom. The molecule has 0 radical (unpaired) electrons. The second-order valence-corrected chi connectivity index (χ2v) is 4.91. The number of nitrogens with one attached hydrogen (secondary N) is 1. The van der Waals surface area contributed by atoms with Gasteiger partial charge in [0, 0.05) is 29.7 Å². The van der Waals surface area contributed by atoms with Crippen LogP contribution in [-0.2, 0) is 13.0 Å². The highest BCUT2D eigenvalue weighted by molar-refractivity contribution is 5.99. The SMILES string of the molecule is CCCc1nccn1CC(=O)c1cc2ccccc2[nH]1. The van der Waals surface area contributed by atoms with Crippen LogP contribution in [0, 0.1) is 0 Å². The lowest BCUT2D eigenvalue weighted by atomic mass is 10.2. The van der Waals surface area contributed by atoms with Crippen LogP contribution in [0.3, 0.4) is 0 Å². The van der Waals surface area contributed by atoms with E-state index in [1.54, 1.807) is 6.20 Å². The third-order valence-electron chi connectivity index (χ3n) is 3.42. The molecule has 4 heteroatoms. The van der Waals surface area contributed by atoms with Gasteiger partial charge in [-0.15, -0.1) is 0 Å². The van der Waals surface area contributed by atoms with Crippen LogP contribution in [0.5, 0.6) is 0 Å². The van der Waals surface area contributed by atoms with Crippen molar-refractivity contribution >= 4 is 16.7 Å². The third-order valence-corrected chi connectivity index (χ3v) is 3.42. The monoisotopic (exact) mass is 267 g/mol. The van der Waals surface area contributed by atoms with Crippen molar-refractivity contribution in [1.82, 2.24) is 14.5 Å². The zero-order chi connectivity index (χ0) is 13.9. The minimum absolute atomic E-state index is 0.0801. The maximum atomic E-state index is 12.4. The topological polar surface area (TPSA) is 50.7 Å². The van der Waals surface area contributed by atoms with Crippen molar-refractivity contribution in [3.8, 4) is 0 Å². The van der Waals surface area contributed by atoms with Gasteiger partial charge < -0.3 is 9.55 Å². The Kier molecular flexibility index (Phi) is 3.37. The molecule has 0 unspecified atom stereocenters. The molecule has 0 amide bonds. The van der Waals surface area contributed by atoms with Crippen molar-refractivity contribution in [3.05, 3.63) is 54.2 Å². The van der Waals surface area contributed by atoms with Gasteiger partial charge >= 0.3 is 0 Å². The van der Waals surface area contributed by atoms with E-state index in [1.165, 1.54) is 0 Å². The molecule has 4 nitrogen and oxygen atoms in total. The summed E-state index contributed by atoms with van der Waals surface area (Å²) >= 11 is 0. The second kappa shape index (κ2) is 5.33. The van der Waals surface area contributed by atoms with E-state index in [-0.39, 0.29) is 5.78 Å². The van der Waals surface area contributed by atoms with E-state index < -0.39 is 0 Å². The molecule has 0 fully saturated rings. The molecule has 0 saturated heterocycles. The van der Waals surface area contributed by atoms with E-state index in [9.17, 15) is 4.79 Å². The number of aromatic nitrogens is 3. The molecule has 102 valence electrons. The van der Waals surface area contributed by atoms with Gasteiger partial charge in [0.15, 0.2) is 5.78 Å². The number of imidazole rings is 1. The van der Waals surface area contributed by atoms with Crippen molar-refractivity contribution in [2.45, 2.75) is 26.3 Å². The number of Topliss-reactive ketones (excluding diaryl/α,β-unsaturated/α-hetero) is 1. The number of carbonyl (C=O) groups is 1. The fraction of sp³-hybridized carbons (Fsp3) is 0.250. The first kappa shape index (κ1) is 12.7. The van der Waals surface area contributed by atoms with Gasteiger partial charge in [0.1, 0.15) is 5.82 Å². The first-order valence-corrected chi connectivity index (χ1v) is 6.89. The molecular weight excluding hydrogens is 250 g/mol. The lowest BCUT2D eigenvalue weighted by Crippen LogP contribution is -2.12. The first-order valence-electron chi connectivity index (χ1n) is 6.89. The van der Waals surface area contributed by atoms with E-state index in [2.05, 4.69) is 16.9 Å². The molecular formula is C16H17N3O. The maximum absolute atomic E-state index is 12.4. The zero-order valence-electron chi connectivity index (χ0n) is 11.5. The minimum Gasteiger partial charge on any atom is -0.352 e. The number of fused-ring (bicyclic) bond motifs is 1. The average molecular weight is 267 g/mol. The summed E-state index contributed by atoms with van der Waals surface area (Å²) in [6, 6.07) is 9.82. The van der Waals surface area contributed by atoms with Crippen molar-refractivity contribution < 1.29 is 4.79 Å². The molecule has 0 spiro atoms. The molecule has 1 aromatic carbocycles. The fourth-order valence-corrected chi connectivity index (χ4v) is 2.40. The van der Waals surface area contributed by atoms with Crippen molar-refractivity contribution in [2.75, 3.05) is 0 Å². The van der Waals surface area contributed by atoms with E-state index in [0.717, 1.165) is 29.6 Å². The second-order valence-electron chi connectivity index (χ2n) is 4.91. The fourth-order valence-electron chi connectivity index (χ4n) is 2.40. The summed E-state index contributed by atoms with van der Waals surface area (Å²) < 4.78 is 1.93. The summed E-state index contributed by atoms with van der Waals surface area (Å²) in [6.07, 6.45) is 5.54. The van der Waals surface area contributed by atoms with Crippen LogP contribution in [0.2, 0.25) is 0 Å². The van der Waals surface area contributed by atoms with Gasteiger partial charge in [0.05, 0.1) is 12.2 Å². The van der Waals surface area contributed by atoms with Crippen molar-refractivity contribution in [2.24, 2.45) is 0 Å². The number of hydrogen-bond donors (Lipinski definition) is 1. The summed E-state index contributed by atoms with van der Waals surface area (Å²) in [7, 11) is 0. The normalized spacial score (nSPS) is 11.1.